The van der Waals surface area contributed by atoms with E-state index in [9.17, 15) is 14.0 Å². The highest BCUT2D eigenvalue weighted by molar-refractivity contribution is 5.79. The van der Waals surface area contributed by atoms with Gasteiger partial charge in [0.2, 0.25) is 5.91 Å². The highest BCUT2D eigenvalue weighted by Crippen LogP contribution is 2.22. The molecule has 0 unspecified atom stereocenters. The van der Waals surface area contributed by atoms with Crippen LogP contribution in [-0.2, 0) is 16.0 Å². The lowest BCUT2D eigenvalue weighted by Gasteiger charge is -2.32. The molecule has 4 nitrogen and oxygen atoms in total. The minimum atomic E-state index is -0.801. The Bertz CT molecular complexity index is 518. The average Bonchev–Trinajstić information content (AvgIpc) is 2.48. The molecule has 0 radical (unpaired) electrons. The van der Waals surface area contributed by atoms with Gasteiger partial charge < -0.3 is 10.0 Å². The topological polar surface area (TPSA) is 57.6 Å². The molecule has 1 N–H and O–H groups in total. The lowest BCUT2D eigenvalue weighted by Crippen LogP contribution is -2.40. The molecule has 1 fully saturated rings. The number of likely N-dealkylation sites (tertiary alicyclic amines) is 1. The molecule has 1 aliphatic rings. The van der Waals surface area contributed by atoms with E-state index in [4.69, 9.17) is 5.11 Å². The molecule has 114 valence electrons. The molecule has 1 aliphatic heterocycles. The molecule has 21 heavy (non-hydrogen) atoms. The maximum absolute atomic E-state index is 13.6. The molecular formula is C16H20FNO3. The van der Waals surface area contributed by atoms with Crippen molar-refractivity contribution in [2.75, 3.05) is 13.1 Å². The van der Waals surface area contributed by atoms with Gasteiger partial charge in [-0.1, -0.05) is 18.2 Å². The van der Waals surface area contributed by atoms with Crippen molar-refractivity contribution < 1.29 is 19.1 Å². The summed E-state index contributed by atoms with van der Waals surface area (Å²) in [6.45, 7) is 1.26. The van der Waals surface area contributed by atoms with Crippen LogP contribution in [0, 0.1) is 11.7 Å². The standard InChI is InChI=1S/C16H20FNO3/c17-14-6-2-1-5-13(14)10-15(19)18-9-3-4-12(11-18)7-8-16(20)21/h1-2,5-6,12H,3-4,7-11H2,(H,20,21)/t12-/m0/s1. The summed E-state index contributed by atoms with van der Waals surface area (Å²) >= 11 is 0. The predicted octanol–water partition coefficient (Wildman–Crippen LogP) is 2.47. The van der Waals surface area contributed by atoms with Crippen molar-refractivity contribution in [3.05, 3.63) is 35.6 Å². The first-order valence-electron chi connectivity index (χ1n) is 7.29. The molecule has 5 heteroatoms. The number of rotatable bonds is 5. The van der Waals surface area contributed by atoms with Crippen LogP contribution in [0.1, 0.15) is 31.2 Å². The number of hydrogen-bond acceptors (Lipinski definition) is 2. The molecule has 1 atom stereocenters. The Morgan fingerprint density at radius 3 is 2.81 bits per heavy atom. The summed E-state index contributed by atoms with van der Waals surface area (Å²) in [6, 6.07) is 6.30. The third-order valence-corrected chi connectivity index (χ3v) is 3.94. The minimum absolute atomic E-state index is 0.0678. The van der Waals surface area contributed by atoms with Crippen LogP contribution in [0.15, 0.2) is 24.3 Å². The highest BCUT2D eigenvalue weighted by Gasteiger charge is 2.24. The maximum Gasteiger partial charge on any atom is 0.303 e. The van der Waals surface area contributed by atoms with Gasteiger partial charge in [-0.2, -0.15) is 0 Å². The zero-order valence-corrected chi connectivity index (χ0v) is 11.9. The van der Waals surface area contributed by atoms with Gasteiger partial charge in [0.05, 0.1) is 6.42 Å². The molecule has 1 amide bonds. The Kier molecular flexibility index (Phi) is 5.31. The van der Waals surface area contributed by atoms with Crippen LogP contribution in [0.25, 0.3) is 0 Å². The predicted molar refractivity (Wildman–Crippen MR) is 76.3 cm³/mol. The van der Waals surface area contributed by atoms with Crippen molar-refractivity contribution in [2.45, 2.75) is 32.1 Å². The Labute approximate surface area is 123 Å². The number of piperidine rings is 1. The summed E-state index contributed by atoms with van der Waals surface area (Å²) in [5.74, 6) is -1.00. The third kappa shape index (κ3) is 4.55. The fourth-order valence-corrected chi connectivity index (χ4v) is 2.77. The van der Waals surface area contributed by atoms with E-state index in [1.165, 1.54) is 6.07 Å². The number of nitrogens with zero attached hydrogens (tertiary/aromatic N) is 1. The van der Waals surface area contributed by atoms with Gasteiger partial charge in [0.1, 0.15) is 5.82 Å². The van der Waals surface area contributed by atoms with Crippen LogP contribution < -0.4 is 0 Å². The summed E-state index contributed by atoms with van der Waals surface area (Å²) in [6.07, 6.45) is 2.64. The van der Waals surface area contributed by atoms with Gasteiger partial charge in [0.15, 0.2) is 0 Å². The molecule has 1 aromatic carbocycles. The van der Waals surface area contributed by atoms with Gasteiger partial charge >= 0.3 is 5.97 Å². The van der Waals surface area contributed by atoms with Gasteiger partial charge in [0.25, 0.3) is 0 Å². The number of amides is 1. The Balaban J connectivity index is 1.90. The molecule has 2 rings (SSSR count). The van der Waals surface area contributed by atoms with Crippen LogP contribution >= 0.6 is 0 Å². The quantitative estimate of drug-likeness (QED) is 0.907. The molecule has 1 saturated heterocycles. The van der Waals surface area contributed by atoms with Crippen molar-refractivity contribution in [1.29, 1.82) is 0 Å². The normalized spacial score (nSPS) is 18.5. The fourth-order valence-electron chi connectivity index (χ4n) is 2.77. The molecule has 1 aromatic rings. The van der Waals surface area contributed by atoms with E-state index in [2.05, 4.69) is 0 Å². The van der Waals surface area contributed by atoms with Crippen molar-refractivity contribution in [3.8, 4) is 0 Å². The number of hydrogen-bond donors (Lipinski definition) is 1. The smallest absolute Gasteiger partial charge is 0.303 e. The van der Waals surface area contributed by atoms with Crippen molar-refractivity contribution >= 4 is 11.9 Å². The van der Waals surface area contributed by atoms with Gasteiger partial charge in [-0.05, 0) is 36.8 Å². The second kappa shape index (κ2) is 7.20. The summed E-state index contributed by atoms with van der Waals surface area (Å²) < 4.78 is 13.6. The number of halogens is 1. The first kappa shape index (κ1) is 15.5. The molecule has 0 bridgehead atoms. The van der Waals surface area contributed by atoms with E-state index in [0.717, 1.165) is 12.8 Å². The van der Waals surface area contributed by atoms with Crippen molar-refractivity contribution in [3.63, 3.8) is 0 Å². The second-order valence-corrected chi connectivity index (χ2v) is 5.55. The van der Waals surface area contributed by atoms with Crippen molar-refractivity contribution in [2.24, 2.45) is 5.92 Å². The summed E-state index contributed by atoms with van der Waals surface area (Å²) in [4.78, 5) is 24.6. The van der Waals surface area contributed by atoms with Crippen LogP contribution in [0.5, 0.6) is 0 Å². The lowest BCUT2D eigenvalue weighted by molar-refractivity contribution is -0.137. The molecule has 0 saturated carbocycles. The average molecular weight is 293 g/mol. The monoisotopic (exact) mass is 293 g/mol. The number of aliphatic carboxylic acids is 1. The summed E-state index contributed by atoms with van der Waals surface area (Å²) in [5.41, 5.74) is 0.412. The molecular weight excluding hydrogens is 273 g/mol. The van der Waals surface area contributed by atoms with E-state index in [1.54, 1.807) is 23.1 Å². The first-order valence-corrected chi connectivity index (χ1v) is 7.29. The first-order chi connectivity index (χ1) is 10.1. The Hall–Kier alpha value is -1.91. The Morgan fingerprint density at radius 2 is 2.10 bits per heavy atom. The fraction of sp³-hybridized carbons (Fsp3) is 0.500. The van der Waals surface area contributed by atoms with Crippen LogP contribution in [0.3, 0.4) is 0 Å². The Morgan fingerprint density at radius 1 is 1.33 bits per heavy atom. The minimum Gasteiger partial charge on any atom is -0.481 e. The second-order valence-electron chi connectivity index (χ2n) is 5.55. The number of benzene rings is 1. The number of carboxylic acid groups (broad SMARTS) is 1. The van der Waals surface area contributed by atoms with Gasteiger partial charge in [-0.3, -0.25) is 9.59 Å². The summed E-state index contributed by atoms with van der Waals surface area (Å²) in [7, 11) is 0. The largest absolute Gasteiger partial charge is 0.481 e. The number of carbonyl (C=O) groups excluding carboxylic acids is 1. The van der Waals surface area contributed by atoms with E-state index < -0.39 is 5.97 Å². The zero-order chi connectivity index (χ0) is 15.2. The molecule has 0 aromatic heterocycles. The third-order valence-electron chi connectivity index (χ3n) is 3.94. The molecule has 0 spiro atoms. The SMILES string of the molecule is O=C(O)CC[C@@H]1CCCN(C(=O)Cc2ccccc2F)C1. The lowest BCUT2D eigenvalue weighted by atomic mass is 9.93. The van der Waals surface area contributed by atoms with Crippen LogP contribution in [0.2, 0.25) is 0 Å². The molecule has 1 heterocycles. The number of carbonyl (C=O) groups is 2. The number of carboxylic acids is 1. The van der Waals surface area contributed by atoms with Gasteiger partial charge in [0, 0.05) is 19.5 Å². The van der Waals surface area contributed by atoms with E-state index in [0.29, 0.717) is 25.1 Å². The van der Waals surface area contributed by atoms with Gasteiger partial charge in [-0.25, -0.2) is 4.39 Å². The van der Waals surface area contributed by atoms with E-state index in [1.807, 2.05) is 0 Å². The highest BCUT2D eigenvalue weighted by atomic mass is 19.1. The van der Waals surface area contributed by atoms with E-state index in [-0.39, 0.29) is 30.5 Å². The summed E-state index contributed by atoms with van der Waals surface area (Å²) in [5, 5.41) is 8.72. The van der Waals surface area contributed by atoms with Crippen LogP contribution in [-0.4, -0.2) is 35.0 Å². The van der Waals surface area contributed by atoms with E-state index >= 15 is 0 Å². The maximum atomic E-state index is 13.6. The zero-order valence-electron chi connectivity index (χ0n) is 11.9. The van der Waals surface area contributed by atoms with Gasteiger partial charge in [-0.15, -0.1) is 0 Å². The van der Waals surface area contributed by atoms with Crippen molar-refractivity contribution in [1.82, 2.24) is 4.90 Å². The van der Waals surface area contributed by atoms with Crippen LogP contribution in [0.4, 0.5) is 4.39 Å². The molecule has 0 aliphatic carbocycles.